The lowest BCUT2D eigenvalue weighted by Gasteiger charge is -2.34. The number of benzene rings is 1. The Morgan fingerprint density at radius 2 is 1.84 bits per heavy atom. The van der Waals surface area contributed by atoms with E-state index in [1.165, 1.54) is 0 Å². The third kappa shape index (κ3) is 4.46. The molecule has 3 rings (SSSR count). The molecular formula is C18H22ClN5O. The van der Waals surface area contributed by atoms with Crippen LogP contribution < -0.4 is 10.2 Å². The monoisotopic (exact) mass is 359 g/mol. The van der Waals surface area contributed by atoms with Gasteiger partial charge in [-0.3, -0.25) is 4.79 Å². The first-order valence-electron chi connectivity index (χ1n) is 8.45. The highest BCUT2D eigenvalue weighted by molar-refractivity contribution is 6.30. The van der Waals surface area contributed by atoms with Crippen molar-refractivity contribution >= 4 is 29.0 Å². The van der Waals surface area contributed by atoms with E-state index in [9.17, 15) is 4.79 Å². The van der Waals surface area contributed by atoms with Crippen LogP contribution in [0.25, 0.3) is 0 Å². The average molecular weight is 360 g/mol. The highest BCUT2D eigenvalue weighted by Gasteiger charge is 2.19. The summed E-state index contributed by atoms with van der Waals surface area (Å²) in [6, 6.07) is 8.76. The van der Waals surface area contributed by atoms with Crippen LogP contribution in [0.5, 0.6) is 0 Å². The molecule has 1 aliphatic rings. The quantitative estimate of drug-likeness (QED) is 0.909. The number of carbonyl (C=O) groups is 1. The molecule has 0 radical (unpaired) electrons. The van der Waals surface area contributed by atoms with Gasteiger partial charge in [-0.15, -0.1) is 0 Å². The molecule has 6 nitrogen and oxygen atoms in total. The first kappa shape index (κ1) is 17.6. The van der Waals surface area contributed by atoms with E-state index in [0.717, 1.165) is 38.5 Å². The standard InChI is InChI=1S/C18H22ClN5O/c1-3-23-8-10-24(11-9-23)17-12-16(20-13(2)21-17)18(25)22-15-6-4-14(19)5-7-15/h4-7,12H,3,8-11H2,1-2H3,(H,22,25). The zero-order valence-corrected chi connectivity index (χ0v) is 15.3. The summed E-state index contributed by atoms with van der Waals surface area (Å²) in [5.74, 6) is 1.16. The zero-order valence-electron chi connectivity index (χ0n) is 14.5. The van der Waals surface area contributed by atoms with Gasteiger partial charge in [-0.1, -0.05) is 18.5 Å². The van der Waals surface area contributed by atoms with Gasteiger partial charge in [-0.05, 0) is 37.7 Å². The van der Waals surface area contributed by atoms with E-state index in [2.05, 4.69) is 32.0 Å². The van der Waals surface area contributed by atoms with Crippen molar-refractivity contribution in [1.82, 2.24) is 14.9 Å². The molecule has 1 amide bonds. The zero-order chi connectivity index (χ0) is 17.8. The molecule has 132 valence electrons. The largest absolute Gasteiger partial charge is 0.354 e. The number of nitrogens with zero attached hydrogens (tertiary/aromatic N) is 4. The van der Waals surface area contributed by atoms with Crippen LogP contribution in [0.2, 0.25) is 5.02 Å². The number of aryl methyl sites for hydroxylation is 1. The molecule has 25 heavy (non-hydrogen) atoms. The Hall–Kier alpha value is -2.18. The highest BCUT2D eigenvalue weighted by Crippen LogP contribution is 2.17. The summed E-state index contributed by atoms with van der Waals surface area (Å²) >= 11 is 5.87. The minimum absolute atomic E-state index is 0.249. The van der Waals surface area contributed by atoms with E-state index in [1.54, 1.807) is 30.3 Å². The van der Waals surface area contributed by atoms with E-state index in [0.29, 0.717) is 22.2 Å². The average Bonchev–Trinajstić information content (AvgIpc) is 2.63. The summed E-state index contributed by atoms with van der Waals surface area (Å²) in [6.45, 7) is 8.86. The number of rotatable bonds is 4. The Labute approximate surface area is 152 Å². The summed E-state index contributed by atoms with van der Waals surface area (Å²) in [6.07, 6.45) is 0. The second kappa shape index (κ2) is 7.80. The number of anilines is 2. The Kier molecular flexibility index (Phi) is 5.50. The number of nitrogens with one attached hydrogen (secondary N) is 1. The minimum Gasteiger partial charge on any atom is -0.354 e. The number of amides is 1. The molecule has 7 heteroatoms. The maximum absolute atomic E-state index is 12.5. The SMILES string of the molecule is CCN1CCN(c2cc(C(=O)Nc3ccc(Cl)cc3)nc(C)n2)CC1. The molecule has 1 N–H and O–H groups in total. The lowest BCUT2D eigenvalue weighted by Crippen LogP contribution is -2.46. The van der Waals surface area contributed by atoms with Gasteiger partial charge in [0, 0.05) is 43.0 Å². The van der Waals surface area contributed by atoms with Crippen molar-refractivity contribution in [2.45, 2.75) is 13.8 Å². The molecule has 2 heterocycles. The summed E-state index contributed by atoms with van der Waals surface area (Å²) in [5, 5.41) is 3.47. The summed E-state index contributed by atoms with van der Waals surface area (Å²) in [7, 11) is 0. The molecule has 1 aliphatic heterocycles. The van der Waals surface area contributed by atoms with Crippen molar-refractivity contribution in [3.63, 3.8) is 0 Å². The Morgan fingerprint density at radius 3 is 2.48 bits per heavy atom. The molecular weight excluding hydrogens is 338 g/mol. The second-order valence-electron chi connectivity index (χ2n) is 6.04. The predicted octanol–water partition coefficient (Wildman–Crippen LogP) is 2.83. The number of hydrogen-bond donors (Lipinski definition) is 1. The number of halogens is 1. The van der Waals surface area contributed by atoms with E-state index in [-0.39, 0.29) is 5.91 Å². The number of hydrogen-bond acceptors (Lipinski definition) is 5. The molecule has 0 saturated carbocycles. The number of likely N-dealkylation sites (N-methyl/N-ethyl adjacent to an activating group) is 1. The lowest BCUT2D eigenvalue weighted by atomic mass is 10.2. The fraction of sp³-hybridized carbons (Fsp3) is 0.389. The smallest absolute Gasteiger partial charge is 0.274 e. The Bertz CT molecular complexity index is 742. The molecule has 2 aromatic rings. The van der Waals surface area contributed by atoms with Crippen LogP contribution in [0.4, 0.5) is 11.5 Å². The first-order chi connectivity index (χ1) is 12.0. The third-order valence-corrected chi connectivity index (χ3v) is 4.55. The molecule has 0 aliphatic carbocycles. The number of piperazine rings is 1. The predicted molar refractivity (Wildman–Crippen MR) is 101 cm³/mol. The maximum atomic E-state index is 12.5. The topological polar surface area (TPSA) is 61.4 Å². The van der Waals surface area contributed by atoms with Crippen molar-refractivity contribution in [3.8, 4) is 0 Å². The normalized spacial score (nSPS) is 15.2. The fourth-order valence-corrected chi connectivity index (χ4v) is 2.98. The molecule has 0 atom stereocenters. The van der Waals surface area contributed by atoms with E-state index in [4.69, 9.17) is 11.6 Å². The van der Waals surface area contributed by atoms with Gasteiger partial charge < -0.3 is 15.1 Å². The van der Waals surface area contributed by atoms with E-state index < -0.39 is 0 Å². The van der Waals surface area contributed by atoms with Crippen molar-refractivity contribution in [2.75, 3.05) is 42.9 Å². The van der Waals surface area contributed by atoms with Gasteiger partial charge >= 0.3 is 0 Å². The fourth-order valence-electron chi connectivity index (χ4n) is 2.85. The van der Waals surface area contributed by atoms with Gasteiger partial charge in [-0.2, -0.15) is 0 Å². The van der Waals surface area contributed by atoms with Crippen molar-refractivity contribution < 1.29 is 4.79 Å². The molecule has 1 saturated heterocycles. The van der Waals surface area contributed by atoms with Crippen LogP contribution in [-0.4, -0.2) is 53.5 Å². The molecule has 1 fully saturated rings. The van der Waals surface area contributed by atoms with Crippen LogP contribution in [0.15, 0.2) is 30.3 Å². The first-order valence-corrected chi connectivity index (χ1v) is 8.83. The Balaban J connectivity index is 1.74. The number of aromatic nitrogens is 2. The molecule has 0 bridgehead atoms. The third-order valence-electron chi connectivity index (χ3n) is 4.30. The van der Waals surface area contributed by atoms with Crippen LogP contribution in [-0.2, 0) is 0 Å². The molecule has 0 unspecified atom stereocenters. The molecule has 0 spiro atoms. The van der Waals surface area contributed by atoms with Gasteiger partial charge in [0.1, 0.15) is 17.3 Å². The van der Waals surface area contributed by atoms with Crippen LogP contribution in [0.1, 0.15) is 23.2 Å². The Morgan fingerprint density at radius 1 is 1.16 bits per heavy atom. The van der Waals surface area contributed by atoms with E-state index in [1.807, 2.05) is 6.92 Å². The molecule has 1 aromatic carbocycles. The summed E-state index contributed by atoms with van der Waals surface area (Å²) in [4.78, 5) is 25.9. The van der Waals surface area contributed by atoms with E-state index >= 15 is 0 Å². The maximum Gasteiger partial charge on any atom is 0.274 e. The number of carbonyl (C=O) groups excluding carboxylic acids is 1. The van der Waals surface area contributed by atoms with Gasteiger partial charge in [0.2, 0.25) is 0 Å². The van der Waals surface area contributed by atoms with Crippen LogP contribution in [0, 0.1) is 6.92 Å². The minimum atomic E-state index is -0.249. The van der Waals surface area contributed by atoms with Gasteiger partial charge in [0.05, 0.1) is 0 Å². The lowest BCUT2D eigenvalue weighted by molar-refractivity contribution is 0.102. The van der Waals surface area contributed by atoms with Crippen molar-refractivity contribution in [2.24, 2.45) is 0 Å². The van der Waals surface area contributed by atoms with Crippen molar-refractivity contribution in [3.05, 3.63) is 46.9 Å². The van der Waals surface area contributed by atoms with Crippen molar-refractivity contribution in [1.29, 1.82) is 0 Å². The molecule has 1 aromatic heterocycles. The van der Waals surface area contributed by atoms with Gasteiger partial charge in [-0.25, -0.2) is 9.97 Å². The van der Waals surface area contributed by atoms with Gasteiger partial charge in [0.25, 0.3) is 5.91 Å². The summed E-state index contributed by atoms with van der Waals surface area (Å²) in [5.41, 5.74) is 1.05. The second-order valence-corrected chi connectivity index (χ2v) is 6.48. The van der Waals surface area contributed by atoms with Gasteiger partial charge in [0.15, 0.2) is 0 Å². The van der Waals surface area contributed by atoms with Crippen LogP contribution in [0.3, 0.4) is 0 Å². The summed E-state index contributed by atoms with van der Waals surface area (Å²) < 4.78 is 0. The van der Waals surface area contributed by atoms with Crippen LogP contribution >= 0.6 is 11.6 Å². The highest BCUT2D eigenvalue weighted by atomic mass is 35.5.